The molecule has 0 rings (SSSR count). The molecule has 0 fully saturated rings. The van der Waals surface area contributed by atoms with E-state index < -0.39 is 30.1 Å². The molecule has 0 radical (unpaired) electrons. The van der Waals surface area contributed by atoms with Crippen molar-refractivity contribution in [1.29, 1.82) is 0 Å². The van der Waals surface area contributed by atoms with Crippen molar-refractivity contribution in [2.24, 2.45) is 10.8 Å². The minimum Gasteiger partial charge on any atom is -0.472 e. The van der Waals surface area contributed by atoms with Gasteiger partial charge in [-0.05, 0) is 41.5 Å². The largest absolute Gasteiger partial charge is 0.824 e. The molecule has 0 aliphatic carbocycles. The fourth-order valence-electron chi connectivity index (χ4n) is 0.589. The molecule has 0 aliphatic rings. The molecular formula is C10H18BFO5. The summed E-state index contributed by atoms with van der Waals surface area (Å²) in [5.41, 5.74) is -1.68. The van der Waals surface area contributed by atoms with Crippen LogP contribution in [0.3, 0.4) is 0 Å². The average molecular weight is 248 g/mol. The molecule has 0 aromatic rings. The summed E-state index contributed by atoms with van der Waals surface area (Å²) in [4.78, 5) is 26.1. The van der Waals surface area contributed by atoms with Crippen LogP contribution in [0.4, 0.5) is 4.53 Å². The predicted octanol–water partition coefficient (Wildman–Crippen LogP) is 2.05. The number of hydrogen-bond acceptors (Lipinski definition) is 5. The zero-order valence-corrected chi connectivity index (χ0v) is 11.0. The molecule has 17 heavy (non-hydrogen) atoms. The van der Waals surface area contributed by atoms with E-state index in [1.54, 1.807) is 41.5 Å². The summed E-state index contributed by atoms with van der Waals surface area (Å²) in [6.07, 6.45) is 0. The lowest BCUT2D eigenvalue weighted by Crippen LogP contribution is -2.38. The fourth-order valence-corrected chi connectivity index (χ4v) is 0.589. The third kappa shape index (κ3) is 5.67. The van der Waals surface area contributed by atoms with Gasteiger partial charge in [-0.25, -0.2) is 0 Å². The zero-order valence-electron chi connectivity index (χ0n) is 11.0. The Kier molecular flexibility index (Phi) is 5.13. The third-order valence-electron chi connectivity index (χ3n) is 1.70. The fraction of sp³-hybridized carbons (Fsp3) is 0.800. The van der Waals surface area contributed by atoms with E-state index in [1.807, 2.05) is 0 Å². The lowest BCUT2D eigenvalue weighted by atomic mass is 9.95. The van der Waals surface area contributed by atoms with Crippen LogP contribution in [-0.4, -0.2) is 19.3 Å². The van der Waals surface area contributed by atoms with Crippen LogP contribution in [0, 0.1) is 10.8 Å². The Morgan fingerprint density at radius 2 is 1.18 bits per heavy atom. The molecule has 0 heterocycles. The first kappa shape index (κ1) is 15.9. The van der Waals surface area contributed by atoms with Gasteiger partial charge in [0.2, 0.25) is 0 Å². The van der Waals surface area contributed by atoms with Gasteiger partial charge in [-0.1, -0.05) is 4.53 Å². The van der Waals surface area contributed by atoms with Crippen LogP contribution in [0.5, 0.6) is 0 Å². The van der Waals surface area contributed by atoms with Crippen molar-refractivity contribution in [1.82, 2.24) is 0 Å². The highest BCUT2D eigenvalue weighted by Crippen LogP contribution is 2.19. The van der Waals surface area contributed by atoms with Crippen molar-refractivity contribution in [2.75, 3.05) is 0 Å². The van der Waals surface area contributed by atoms with E-state index in [2.05, 4.69) is 14.2 Å². The molecule has 0 amide bonds. The van der Waals surface area contributed by atoms with Gasteiger partial charge >= 0.3 is 7.32 Å². The van der Waals surface area contributed by atoms with E-state index in [1.165, 1.54) is 0 Å². The summed E-state index contributed by atoms with van der Waals surface area (Å²) in [6.45, 7) is 9.48. The van der Waals surface area contributed by atoms with Crippen molar-refractivity contribution in [3.05, 3.63) is 0 Å². The summed E-state index contributed by atoms with van der Waals surface area (Å²) in [6, 6.07) is 0. The second kappa shape index (κ2) is 5.49. The van der Waals surface area contributed by atoms with Gasteiger partial charge in [-0.15, -0.1) is 0 Å². The zero-order chi connectivity index (χ0) is 13.9. The van der Waals surface area contributed by atoms with Gasteiger partial charge in [-0.2, -0.15) is 4.86 Å². The molecule has 0 aromatic heterocycles. The molecular weight excluding hydrogens is 230 g/mol. The molecule has 0 atom stereocenters. The van der Waals surface area contributed by atoms with Crippen molar-refractivity contribution in [3.8, 4) is 0 Å². The van der Waals surface area contributed by atoms with Gasteiger partial charge in [-0.3, -0.25) is 9.59 Å². The second-order valence-electron chi connectivity index (χ2n) is 5.69. The topological polar surface area (TPSA) is 61.8 Å². The van der Waals surface area contributed by atoms with Crippen LogP contribution in [0.2, 0.25) is 0 Å². The first-order valence-electron chi connectivity index (χ1n) is 5.18. The standard InChI is InChI=1S/C10H18BFO5/c1-9(2,3)7(13)15-11(17-12)16-8(14)10(4,5)6/h1-6H3. The SMILES string of the molecule is CC(C)(C)C(=O)OB(OF)OC(=O)C(C)(C)C. The Balaban J connectivity index is 4.47. The Hall–Kier alpha value is -1.11. The Labute approximate surface area is 101 Å². The highest BCUT2D eigenvalue weighted by molar-refractivity contribution is 6.41. The molecule has 98 valence electrons. The van der Waals surface area contributed by atoms with Crippen LogP contribution >= 0.6 is 0 Å². The summed E-state index contributed by atoms with van der Waals surface area (Å²) in [7, 11) is -1.96. The van der Waals surface area contributed by atoms with Crippen LogP contribution in [0.1, 0.15) is 41.5 Å². The summed E-state index contributed by atoms with van der Waals surface area (Å²) in [5, 5.41) is 0. The van der Waals surface area contributed by atoms with Crippen molar-refractivity contribution in [3.63, 3.8) is 0 Å². The summed E-state index contributed by atoms with van der Waals surface area (Å²) >= 11 is 0. The van der Waals surface area contributed by atoms with Crippen LogP contribution in [0.25, 0.3) is 0 Å². The second-order valence-corrected chi connectivity index (χ2v) is 5.69. The Bertz CT molecular complexity index is 264. The van der Waals surface area contributed by atoms with Gasteiger partial charge in [0.25, 0.3) is 11.9 Å². The van der Waals surface area contributed by atoms with Crippen molar-refractivity contribution in [2.45, 2.75) is 41.5 Å². The molecule has 0 N–H and O–H groups in total. The lowest BCUT2D eigenvalue weighted by Gasteiger charge is -2.21. The normalized spacial score (nSPS) is 11.9. The monoisotopic (exact) mass is 248 g/mol. The van der Waals surface area contributed by atoms with Crippen molar-refractivity contribution < 1.29 is 28.3 Å². The quantitative estimate of drug-likeness (QED) is 0.715. The Morgan fingerprint density at radius 3 is 1.35 bits per heavy atom. The van der Waals surface area contributed by atoms with Gasteiger partial charge in [0.15, 0.2) is 0 Å². The summed E-state index contributed by atoms with van der Waals surface area (Å²) in [5.74, 6) is -1.47. The van der Waals surface area contributed by atoms with Gasteiger partial charge in [0.1, 0.15) is 0 Å². The minimum atomic E-state index is -1.96. The Morgan fingerprint density at radius 1 is 0.882 bits per heavy atom. The van der Waals surface area contributed by atoms with Gasteiger partial charge in [0, 0.05) is 0 Å². The minimum absolute atomic E-state index is 0.734. The molecule has 0 bridgehead atoms. The molecule has 0 unspecified atom stereocenters. The first-order valence-corrected chi connectivity index (χ1v) is 5.18. The average Bonchev–Trinajstić information content (AvgIpc) is 2.13. The van der Waals surface area contributed by atoms with Gasteiger partial charge in [0.05, 0.1) is 10.8 Å². The van der Waals surface area contributed by atoms with Crippen LogP contribution in [0.15, 0.2) is 0 Å². The third-order valence-corrected chi connectivity index (χ3v) is 1.70. The smallest absolute Gasteiger partial charge is 0.472 e. The molecule has 0 saturated carbocycles. The van der Waals surface area contributed by atoms with Crippen LogP contribution in [-0.2, 0) is 23.8 Å². The van der Waals surface area contributed by atoms with E-state index in [0.29, 0.717) is 0 Å². The van der Waals surface area contributed by atoms with E-state index in [9.17, 15) is 14.1 Å². The van der Waals surface area contributed by atoms with Gasteiger partial charge < -0.3 is 9.31 Å². The number of hydrogen-bond donors (Lipinski definition) is 0. The predicted molar refractivity (Wildman–Crippen MR) is 59.0 cm³/mol. The highest BCUT2D eigenvalue weighted by atomic mass is 19.3. The lowest BCUT2D eigenvalue weighted by molar-refractivity contribution is -0.161. The number of rotatable bonds is 3. The molecule has 0 aromatic carbocycles. The highest BCUT2D eigenvalue weighted by Gasteiger charge is 2.39. The molecule has 0 aliphatic heterocycles. The van der Waals surface area contributed by atoms with E-state index in [-0.39, 0.29) is 0 Å². The molecule has 7 heteroatoms. The van der Waals surface area contributed by atoms with E-state index in [0.717, 1.165) is 0 Å². The van der Waals surface area contributed by atoms with Crippen molar-refractivity contribution >= 4 is 19.3 Å². The van der Waals surface area contributed by atoms with Crippen LogP contribution < -0.4 is 0 Å². The maximum atomic E-state index is 12.1. The maximum Gasteiger partial charge on any atom is 0.824 e. The number of carbonyl (C=O) groups is 2. The molecule has 0 saturated heterocycles. The number of carbonyl (C=O) groups excluding carboxylic acids is 2. The number of halogens is 1. The first-order chi connectivity index (χ1) is 7.48. The maximum absolute atomic E-state index is 12.1. The molecule has 5 nitrogen and oxygen atoms in total. The molecule has 0 spiro atoms. The summed E-state index contributed by atoms with van der Waals surface area (Å²) < 4.78 is 21.2. The van der Waals surface area contributed by atoms with E-state index in [4.69, 9.17) is 0 Å². The van der Waals surface area contributed by atoms with E-state index >= 15 is 0 Å².